The molecule has 0 saturated carbocycles. The molecule has 0 nitrogen and oxygen atoms in total. The summed E-state index contributed by atoms with van der Waals surface area (Å²) in [5.41, 5.74) is 5.30. The third-order valence-corrected chi connectivity index (χ3v) is 20.9. The Morgan fingerprint density at radius 3 is 1.71 bits per heavy atom. The minimum absolute atomic E-state index is 1.07. The van der Waals surface area contributed by atoms with Gasteiger partial charge in [0.1, 0.15) is 0 Å². The molecular formula is C26H46SiSn. The molecule has 0 unspecified atom stereocenters. The maximum atomic E-state index is 2.79. The Labute approximate surface area is 181 Å². The van der Waals surface area contributed by atoms with Crippen molar-refractivity contribution in [2.45, 2.75) is 98.7 Å². The van der Waals surface area contributed by atoms with Crippen molar-refractivity contribution in [1.82, 2.24) is 0 Å². The van der Waals surface area contributed by atoms with Crippen LogP contribution in [-0.4, -0.2) is 26.5 Å². The number of unbranched alkanes of at least 4 members (excludes halogenated alkanes) is 3. The zero-order valence-corrected chi connectivity index (χ0v) is 23.5. The van der Waals surface area contributed by atoms with E-state index in [0.29, 0.717) is 0 Å². The summed E-state index contributed by atoms with van der Waals surface area (Å²) in [6.45, 7) is 14.3. The average Bonchev–Trinajstić information content (AvgIpc) is 2.67. The van der Waals surface area contributed by atoms with Crippen LogP contribution in [0.2, 0.25) is 33.0 Å². The van der Waals surface area contributed by atoms with E-state index in [0.717, 1.165) is 6.42 Å². The molecule has 1 aromatic rings. The minimum atomic E-state index is -2.15. The van der Waals surface area contributed by atoms with Gasteiger partial charge >= 0.3 is 182 Å². The van der Waals surface area contributed by atoms with E-state index < -0.39 is 26.5 Å². The molecule has 0 aliphatic rings. The molecule has 0 aliphatic heterocycles. The first-order valence-electron chi connectivity index (χ1n) is 11.8. The quantitative estimate of drug-likeness (QED) is 0.221. The summed E-state index contributed by atoms with van der Waals surface area (Å²) in [6.07, 6.45) is 14.3. The molecule has 158 valence electrons. The molecule has 1 aromatic carbocycles. The molecule has 2 heteroatoms. The van der Waals surface area contributed by atoms with Crippen LogP contribution in [0.15, 0.2) is 40.1 Å². The first-order chi connectivity index (χ1) is 13.3. The molecule has 0 amide bonds. The Hall–Kier alpha value is -0.284. The summed E-state index contributed by atoms with van der Waals surface area (Å²) in [5, 5.41) is 0. The van der Waals surface area contributed by atoms with Crippen LogP contribution in [0.1, 0.15) is 70.4 Å². The van der Waals surface area contributed by atoms with E-state index >= 15 is 0 Å². The Morgan fingerprint density at radius 2 is 1.29 bits per heavy atom. The number of hydrogen-bond acceptors (Lipinski definition) is 0. The third kappa shape index (κ3) is 11.0. The zero-order chi connectivity index (χ0) is 20.9. The normalized spacial score (nSPS) is 13.1. The van der Waals surface area contributed by atoms with E-state index in [9.17, 15) is 0 Å². The van der Waals surface area contributed by atoms with Crippen LogP contribution in [0.25, 0.3) is 6.08 Å². The summed E-state index contributed by atoms with van der Waals surface area (Å²) < 4.78 is 7.46. The summed E-state index contributed by atoms with van der Waals surface area (Å²) in [5.74, 6) is 0. The van der Waals surface area contributed by atoms with E-state index in [1.807, 2.05) is 0 Å². The van der Waals surface area contributed by atoms with Gasteiger partial charge in [0.2, 0.25) is 0 Å². The summed E-state index contributed by atoms with van der Waals surface area (Å²) in [7, 11) is -1.07. The van der Waals surface area contributed by atoms with Gasteiger partial charge in [-0.25, -0.2) is 0 Å². The fourth-order valence-corrected chi connectivity index (χ4v) is 18.8. The average molecular weight is 505 g/mol. The van der Waals surface area contributed by atoms with Crippen molar-refractivity contribution in [2.75, 3.05) is 0 Å². The van der Waals surface area contributed by atoms with Crippen molar-refractivity contribution < 1.29 is 0 Å². The fourth-order valence-electron chi connectivity index (χ4n) is 3.80. The number of hydrogen-bond donors (Lipinski definition) is 0. The van der Waals surface area contributed by atoms with Crippen LogP contribution in [0, 0.1) is 0 Å². The van der Waals surface area contributed by atoms with Gasteiger partial charge in [-0.1, -0.05) is 0 Å². The van der Waals surface area contributed by atoms with Crippen molar-refractivity contribution >= 4 is 32.5 Å². The Kier molecular flexibility index (Phi) is 12.7. The molecule has 1 rings (SSSR count). The first kappa shape index (κ1) is 25.8. The van der Waals surface area contributed by atoms with Gasteiger partial charge in [0.05, 0.1) is 0 Å². The Balaban J connectivity index is 2.86. The van der Waals surface area contributed by atoms with Crippen LogP contribution < -0.4 is 0 Å². The standard InChI is InChI=1S/C14H19Si.3C4H9.Sn/c1-5-13-8-10-14(11-9-13)7-6-12-15(2,3)4;3*1-3-4-2;/h1,5-6,8-12H,7H2,2-4H3;3*1,3-4H2,2H3;/b5-1?,12-6+;;;;. The van der Waals surface area contributed by atoms with Crippen LogP contribution >= 0.6 is 0 Å². The third-order valence-electron chi connectivity index (χ3n) is 5.67. The maximum absolute atomic E-state index is 2.79. The van der Waals surface area contributed by atoms with Crippen molar-refractivity contribution in [3.8, 4) is 0 Å². The van der Waals surface area contributed by atoms with Crippen molar-refractivity contribution in [3.05, 3.63) is 51.3 Å². The molecule has 0 aliphatic carbocycles. The molecule has 0 bridgehead atoms. The van der Waals surface area contributed by atoms with Gasteiger partial charge in [-0.15, -0.1) is 0 Å². The topological polar surface area (TPSA) is 0 Å². The van der Waals surface area contributed by atoms with E-state index in [-0.39, 0.29) is 0 Å². The molecule has 0 aromatic heterocycles. The molecule has 0 heterocycles. The van der Waals surface area contributed by atoms with E-state index in [4.69, 9.17) is 0 Å². The Morgan fingerprint density at radius 1 is 0.786 bits per heavy atom. The molecule has 0 spiro atoms. The second-order valence-electron chi connectivity index (χ2n) is 9.72. The Bertz CT molecular complexity index is 556. The summed E-state index contributed by atoms with van der Waals surface area (Å²) in [4.78, 5) is 0. The fraction of sp³-hybridized carbons (Fsp3) is 0.615. The van der Waals surface area contributed by atoms with Crippen molar-refractivity contribution in [1.29, 1.82) is 0 Å². The summed E-state index contributed by atoms with van der Waals surface area (Å²) >= 11 is -2.15. The van der Waals surface area contributed by atoms with Gasteiger partial charge < -0.3 is 0 Å². The number of rotatable bonds is 14. The molecule has 0 N–H and O–H groups in total. The van der Waals surface area contributed by atoms with Gasteiger partial charge in [-0.2, -0.15) is 0 Å². The second kappa shape index (κ2) is 13.8. The molecule has 0 radical (unpaired) electrons. The number of allylic oxidation sites excluding steroid dienone is 1. The molecule has 0 fully saturated rings. The number of benzene rings is 1. The van der Waals surface area contributed by atoms with Gasteiger partial charge in [-0.3, -0.25) is 0 Å². The van der Waals surface area contributed by atoms with Crippen LogP contribution in [0.3, 0.4) is 0 Å². The van der Waals surface area contributed by atoms with Gasteiger partial charge in [0, 0.05) is 0 Å². The summed E-state index contributed by atoms with van der Waals surface area (Å²) in [6, 6.07) is 9.33. The van der Waals surface area contributed by atoms with E-state index in [1.54, 1.807) is 13.3 Å². The van der Waals surface area contributed by atoms with Crippen LogP contribution in [0.4, 0.5) is 0 Å². The predicted octanol–water partition coefficient (Wildman–Crippen LogP) is 9.06. The van der Waals surface area contributed by atoms with Gasteiger partial charge in [0.15, 0.2) is 0 Å². The zero-order valence-electron chi connectivity index (χ0n) is 19.7. The predicted molar refractivity (Wildman–Crippen MR) is 137 cm³/mol. The molecule has 28 heavy (non-hydrogen) atoms. The van der Waals surface area contributed by atoms with E-state index in [2.05, 4.69) is 86.6 Å². The first-order valence-corrected chi connectivity index (χ1v) is 23.1. The van der Waals surface area contributed by atoms with Gasteiger partial charge in [-0.05, 0) is 0 Å². The molecule has 0 atom stereocenters. The molecular weight excluding hydrogens is 459 g/mol. The molecule has 0 saturated heterocycles. The van der Waals surface area contributed by atoms with Crippen LogP contribution in [-0.2, 0) is 6.42 Å². The SMILES string of the molecule is CCC[CH2][Sn](/[CH]=C/c1ccc(C/C=C/[Si](C)(C)C)cc1)([CH2]CCC)[CH2]CCC. The van der Waals surface area contributed by atoms with Crippen molar-refractivity contribution in [3.63, 3.8) is 0 Å². The van der Waals surface area contributed by atoms with Crippen molar-refractivity contribution in [2.24, 2.45) is 0 Å². The van der Waals surface area contributed by atoms with Crippen LogP contribution in [0.5, 0.6) is 0 Å². The second-order valence-corrected chi connectivity index (χ2v) is 27.8. The monoisotopic (exact) mass is 506 g/mol. The van der Waals surface area contributed by atoms with Gasteiger partial charge in [0.25, 0.3) is 0 Å². The van der Waals surface area contributed by atoms with E-state index in [1.165, 1.54) is 49.7 Å².